The largest absolute Gasteiger partial charge is 0.396 e. The molecule has 3 nitrogen and oxygen atoms in total. The van der Waals surface area contributed by atoms with Crippen molar-refractivity contribution in [3.8, 4) is 0 Å². The Morgan fingerprint density at radius 1 is 1.40 bits per heavy atom. The van der Waals surface area contributed by atoms with Crippen LogP contribution in [-0.2, 0) is 4.74 Å². The molecule has 15 heavy (non-hydrogen) atoms. The molecule has 3 heteroatoms. The summed E-state index contributed by atoms with van der Waals surface area (Å²) in [5.74, 6) is 0. The average Bonchev–Trinajstić information content (AvgIpc) is 2.18. The fourth-order valence-electron chi connectivity index (χ4n) is 2.81. The van der Waals surface area contributed by atoms with E-state index in [0.717, 1.165) is 32.1 Å². The van der Waals surface area contributed by atoms with E-state index in [2.05, 4.69) is 13.8 Å². The van der Waals surface area contributed by atoms with Crippen LogP contribution in [0.3, 0.4) is 0 Å². The van der Waals surface area contributed by atoms with Gasteiger partial charge in [0.25, 0.3) is 0 Å². The second-order valence-electron chi connectivity index (χ2n) is 5.41. The normalized spacial score (nSPS) is 33.0. The first kappa shape index (κ1) is 12.9. The maximum atomic E-state index is 9.18. The topological polar surface area (TPSA) is 55.5 Å². The van der Waals surface area contributed by atoms with Crippen molar-refractivity contribution in [1.29, 1.82) is 0 Å². The van der Waals surface area contributed by atoms with E-state index in [-0.39, 0.29) is 17.6 Å². The van der Waals surface area contributed by atoms with Crippen molar-refractivity contribution in [2.45, 2.75) is 57.6 Å². The van der Waals surface area contributed by atoms with Gasteiger partial charge in [-0.05, 0) is 51.4 Å². The molecule has 0 saturated heterocycles. The van der Waals surface area contributed by atoms with Gasteiger partial charge in [0.05, 0.1) is 6.10 Å². The highest BCUT2D eigenvalue weighted by atomic mass is 16.5. The highest BCUT2D eigenvalue weighted by molar-refractivity contribution is 4.99. The van der Waals surface area contributed by atoms with E-state index < -0.39 is 0 Å². The molecule has 0 spiro atoms. The Kier molecular flexibility index (Phi) is 4.15. The summed E-state index contributed by atoms with van der Waals surface area (Å²) >= 11 is 0. The zero-order valence-electron chi connectivity index (χ0n) is 10.3. The molecule has 0 aromatic rings. The molecule has 0 aromatic carbocycles. The quantitative estimate of drug-likeness (QED) is 0.750. The van der Waals surface area contributed by atoms with Crippen molar-refractivity contribution in [2.75, 3.05) is 13.7 Å². The first-order valence-corrected chi connectivity index (χ1v) is 5.88. The van der Waals surface area contributed by atoms with Crippen LogP contribution >= 0.6 is 0 Å². The maximum absolute atomic E-state index is 9.18. The van der Waals surface area contributed by atoms with Crippen LogP contribution in [0.15, 0.2) is 0 Å². The van der Waals surface area contributed by atoms with Crippen LogP contribution in [0.25, 0.3) is 0 Å². The number of methoxy groups -OCH3 is 1. The van der Waals surface area contributed by atoms with Gasteiger partial charge in [-0.2, -0.15) is 0 Å². The summed E-state index contributed by atoms with van der Waals surface area (Å²) in [6.45, 7) is 4.39. The summed E-state index contributed by atoms with van der Waals surface area (Å²) in [7, 11) is 1.78. The number of aliphatic hydroxyl groups excluding tert-OH is 1. The predicted molar refractivity (Wildman–Crippen MR) is 61.7 cm³/mol. The Bertz CT molecular complexity index is 190. The molecule has 0 atom stereocenters. The van der Waals surface area contributed by atoms with Gasteiger partial charge in [0, 0.05) is 19.3 Å². The van der Waals surface area contributed by atoms with Crippen molar-refractivity contribution in [1.82, 2.24) is 0 Å². The molecule has 3 N–H and O–H groups in total. The van der Waals surface area contributed by atoms with Crippen molar-refractivity contribution >= 4 is 0 Å². The molecule has 1 fully saturated rings. The smallest absolute Gasteiger partial charge is 0.0571 e. The van der Waals surface area contributed by atoms with E-state index in [4.69, 9.17) is 10.5 Å². The van der Waals surface area contributed by atoms with Crippen molar-refractivity contribution in [3.05, 3.63) is 0 Å². The van der Waals surface area contributed by atoms with Crippen LogP contribution < -0.4 is 5.73 Å². The third-order valence-corrected chi connectivity index (χ3v) is 4.18. The minimum absolute atomic E-state index is 0.0940. The first-order chi connectivity index (χ1) is 6.95. The fourth-order valence-corrected chi connectivity index (χ4v) is 2.81. The molecule has 1 aliphatic carbocycles. The third-order valence-electron chi connectivity index (χ3n) is 4.18. The van der Waals surface area contributed by atoms with Crippen LogP contribution in [0, 0.1) is 5.41 Å². The molecule has 0 unspecified atom stereocenters. The SMILES string of the molecule is COC1CCC(CCO)(C(C)(C)N)CC1. The van der Waals surface area contributed by atoms with Gasteiger partial charge in [-0.3, -0.25) is 0 Å². The van der Waals surface area contributed by atoms with E-state index in [1.807, 2.05) is 0 Å². The van der Waals surface area contributed by atoms with Crippen LogP contribution in [0.5, 0.6) is 0 Å². The van der Waals surface area contributed by atoms with Crippen molar-refractivity contribution < 1.29 is 9.84 Å². The molecule has 0 aliphatic heterocycles. The summed E-state index contributed by atoms with van der Waals surface area (Å²) in [4.78, 5) is 0. The Hall–Kier alpha value is -0.120. The number of rotatable bonds is 4. The number of ether oxygens (including phenoxy) is 1. The summed E-state index contributed by atoms with van der Waals surface area (Å²) < 4.78 is 5.37. The molecule has 0 bridgehead atoms. The van der Waals surface area contributed by atoms with Gasteiger partial charge in [0.15, 0.2) is 0 Å². The lowest BCUT2D eigenvalue weighted by atomic mass is 9.61. The average molecular weight is 215 g/mol. The Balaban J connectivity index is 2.69. The first-order valence-electron chi connectivity index (χ1n) is 5.88. The predicted octanol–water partition coefficient (Wildman–Crippen LogP) is 1.68. The number of hydrogen-bond acceptors (Lipinski definition) is 3. The van der Waals surface area contributed by atoms with Gasteiger partial charge in [0.1, 0.15) is 0 Å². The summed E-state index contributed by atoms with van der Waals surface area (Å²) in [5, 5.41) is 9.18. The molecular formula is C12H25NO2. The molecule has 1 rings (SSSR count). The molecule has 0 radical (unpaired) electrons. The van der Waals surface area contributed by atoms with Crippen LogP contribution in [0.1, 0.15) is 46.0 Å². The zero-order valence-corrected chi connectivity index (χ0v) is 10.3. The summed E-state index contributed by atoms with van der Waals surface area (Å²) in [6, 6.07) is 0. The minimum Gasteiger partial charge on any atom is -0.396 e. The lowest BCUT2D eigenvalue weighted by Crippen LogP contribution is -2.53. The molecule has 1 aliphatic rings. The number of nitrogens with two attached hydrogens (primary N) is 1. The van der Waals surface area contributed by atoms with Crippen LogP contribution in [0.4, 0.5) is 0 Å². The second-order valence-corrected chi connectivity index (χ2v) is 5.41. The molecule has 0 aromatic heterocycles. The maximum Gasteiger partial charge on any atom is 0.0571 e. The molecule has 0 amide bonds. The van der Waals surface area contributed by atoms with Gasteiger partial charge < -0.3 is 15.6 Å². The summed E-state index contributed by atoms with van der Waals surface area (Å²) in [6.07, 6.45) is 5.46. The van der Waals surface area contributed by atoms with Gasteiger partial charge in [-0.25, -0.2) is 0 Å². The van der Waals surface area contributed by atoms with E-state index in [0.29, 0.717) is 6.10 Å². The standard InChI is InChI=1S/C12H25NO2/c1-11(2,13)12(8-9-14)6-4-10(15-3)5-7-12/h10,14H,4-9,13H2,1-3H3. The highest BCUT2D eigenvalue weighted by Gasteiger charge is 2.44. The highest BCUT2D eigenvalue weighted by Crippen LogP contribution is 2.46. The van der Waals surface area contributed by atoms with Gasteiger partial charge in [-0.1, -0.05) is 0 Å². The van der Waals surface area contributed by atoms with Crippen LogP contribution in [0.2, 0.25) is 0 Å². The number of aliphatic hydroxyl groups is 1. The fraction of sp³-hybridized carbons (Fsp3) is 1.00. The van der Waals surface area contributed by atoms with E-state index in [1.54, 1.807) is 7.11 Å². The van der Waals surface area contributed by atoms with E-state index in [1.165, 1.54) is 0 Å². The Labute approximate surface area is 93.0 Å². The van der Waals surface area contributed by atoms with E-state index in [9.17, 15) is 5.11 Å². The third kappa shape index (κ3) is 2.71. The Morgan fingerprint density at radius 2 is 1.93 bits per heavy atom. The van der Waals surface area contributed by atoms with Gasteiger partial charge >= 0.3 is 0 Å². The van der Waals surface area contributed by atoms with Crippen molar-refractivity contribution in [3.63, 3.8) is 0 Å². The van der Waals surface area contributed by atoms with Crippen LogP contribution in [-0.4, -0.2) is 30.5 Å². The van der Waals surface area contributed by atoms with E-state index >= 15 is 0 Å². The monoisotopic (exact) mass is 215 g/mol. The lowest BCUT2D eigenvalue weighted by Gasteiger charge is -2.48. The molecule has 90 valence electrons. The number of hydrogen-bond donors (Lipinski definition) is 2. The lowest BCUT2D eigenvalue weighted by molar-refractivity contribution is -0.0137. The molecule has 1 saturated carbocycles. The molecular weight excluding hydrogens is 190 g/mol. The minimum atomic E-state index is -0.214. The summed E-state index contributed by atoms with van der Waals surface area (Å²) in [5.41, 5.74) is 6.15. The zero-order chi connectivity index (χ0) is 11.5. The molecule has 0 heterocycles. The second kappa shape index (κ2) is 4.81. The Morgan fingerprint density at radius 3 is 2.27 bits per heavy atom. The van der Waals surface area contributed by atoms with Gasteiger partial charge in [-0.15, -0.1) is 0 Å². The van der Waals surface area contributed by atoms with Crippen molar-refractivity contribution in [2.24, 2.45) is 11.1 Å². The van der Waals surface area contributed by atoms with Gasteiger partial charge in [0.2, 0.25) is 0 Å².